The summed E-state index contributed by atoms with van der Waals surface area (Å²) >= 11 is 0. The molecular weight excluding hydrogens is 320 g/mol. The number of nitrogens with one attached hydrogen (secondary N) is 1. The molecule has 0 aliphatic carbocycles. The number of benzene rings is 1. The van der Waals surface area contributed by atoms with Crippen LogP contribution < -0.4 is 10.1 Å². The van der Waals surface area contributed by atoms with Crippen LogP contribution in [-0.2, 0) is 9.53 Å². The number of urea groups is 1. The van der Waals surface area contributed by atoms with Crippen molar-refractivity contribution in [3.8, 4) is 5.75 Å². The van der Waals surface area contributed by atoms with Crippen molar-refractivity contribution in [1.82, 2.24) is 5.32 Å². The number of rotatable bonds is 8. The van der Waals surface area contributed by atoms with Crippen molar-refractivity contribution >= 4 is 17.7 Å². The molecule has 0 fully saturated rings. The third kappa shape index (κ3) is 5.05. The maximum Gasteiger partial charge on any atom is 0.341 e. The van der Waals surface area contributed by atoms with Crippen molar-refractivity contribution in [2.45, 2.75) is 46.1 Å². The normalized spacial score (nSPS) is 19.8. The molecule has 1 aliphatic heterocycles. The van der Waals surface area contributed by atoms with Crippen LogP contribution in [0.3, 0.4) is 0 Å². The van der Waals surface area contributed by atoms with Gasteiger partial charge in [0.1, 0.15) is 11.7 Å². The van der Waals surface area contributed by atoms with Crippen LogP contribution in [0.4, 0.5) is 4.79 Å². The number of aliphatic imine (C=N–C) groups is 1. The van der Waals surface area contributed by atoms with Crippen molar-refractivity contribution in [2.75, 3.05) is 13.2 Å². The lowest BCUT2D eigenvalue weighted by molar-refractivity contribution is -0.147. The molecule has 136 valence electrons. The highest BCUT2D eigenvalue weighted by molar-refractivity contribution is 6.08. The minimum absolute atomic E-state index is 0.356. The Hall–Kier alpha value is -2.37. The quantitative estimate of drug-likeness (QED) is 0.576. The Balaban J connectivity index is 2.18. The summed E-state index contributed by atoms with van der Waals surface area (Å²) in [5.41, 5.74) is 1.30. The number of nitrogens with zero attached hydrogens (tertiary/aromatic N) is 1. The van der Waals surface area contributed by atoms with E-state index in [0.29, 0.717) is 18.9 Å². The minimum Gasteiger partial charge on any atom is -0.494 e. The van der Waals surface area contributed by atoms with E-state index in [-0.39, 0.29) is 5.97 Å². The first-order valence-electron chi connectivity index (χ1n) is 8.81. The van der Waals surface area contributed by atoms with E-state index < -0.39 is 18.0 Å². The summed E-state index contributed by atoms with van der Waals surface area (Å²) in [6.45, 7) is 6.80. The Labute approximate surface area is 148 Å². The van der Waals surface area contributed by atoms with Crippen LogP contribution in [0.2, 0.25) is 0 Å². The summed E-state index contributed by atoms with van der Waals surface area (Å²) in [4.78, 5) is 28.2. The maximum absolute atomic E-state index is 12.5. The Kier molecular flexibility index (Phi) is 6.98. The summed E-state index contributed by atoms with van der Waals surface area (Å²) in [5.74, 6) is -0.205. The second-order valence-corrected chi connectivity index (χ2v) is 6.10. The lowest BCUT2D eigenvalue weighted by Crippen LogP contribution is -2.44. The van der Waals surface area contributed by atoms with Gasteiger partial charge in [0.25, 0.3) is 0 Å². The van der Waals surface area contributed by atoms with E-state index >= 15 is 0 Å². The topological polar surface area (TPSA) is 77.0 Å². The van der Waals surface area contributed by atoms with E-state index in [9.17, 15) is 9.59 Å². The molecule has 1 aliphatic rings. The predicted molar refractivity (Wildman–Crippen MR) is 96.0 cm³/mol. The van der Waals surface area contributed by atoms with Gasteiger partial charge >= 0.3 is 12.0 Å². The number of carbonyl (C=O) groups is 2. The van der Waals surface area contributed by atoms with Crippen LogP contribution in [0.25, 0.3) is 0 Å². The van der Waals surface area contributed by atoms with Crippen LogP contribution in [0.15, 0.2) is 29.3 Å². The molecule has 0 radical (unpaired) electrons. The third-order valence-corrected chi connectivity index (χ3v) is 4.05. The molecule has 0 spiro atoms. The first-order chi connectivity index (χ1) is 12.1. The zero-order chi connectivity index (χ0) is 18.2. The van der Waals surface area contributed by atoms with Crippen molar-refractivity contribution in [1.29, 1.82) is 0 Å². The highest BCUT2D eigenvalue weighted by atomic mass is 16.5. The van der Waals surface area contributed by atoms with Gasteiger partial charge in [0.05, 0.1) is 19.3 Å². The molecule has 1 aromatic carbocycles. The van der Waals surface area contributed by atoms with Crippen LogP contribution in [0.5, 0.6) is 5.75 Å². The zero-order valence-corrected chi connectivity index (χ0v) is 15.1. The monoisotopic (exact) mass is 346 g/mol. The standard InChI is InChI=1S/C19H26N2O4/c1-4-6-12-25-18(22)16-13(3)20-19(23)21-17(16)14-7-9-15(10-8-14)24-11-5-2/h7-10,16-17H,4-6,11-12H2,1-3H3,(H,21,23). The average molecular weight is 346 g/mol. The number of ether oxygens (including phenoxy) is 2. The van der Waals surface area contributed by atoms with E-state index in [1.165, 1.54) is 0 Å². The van der Waals surface area contributed by atoms with E-state index in [1.807, 2.05) is 38.1 Å². The lowest BCUT2D eigenvalue weighted by Gasteiger charge is -2.29. The first-order valence-corrected chi connectivity index (χ1v) is 8.81. The predicted octanol–water partition coefficient (Wildman–Crippen LogP) is 3.66. The largest absolute Gasteiger partial charge is 0.494 e. The fourth-order valence-corrected chi connectivity index (χ4v) is 2.70. The van der Waals surface area contributed by atoms with Crippen LogP contribution in [-0.4, -0.2) is 30.9 Å². The molecule has 2 unspecified atom stereocenters. The number of esters is 1. The molecule has 0 bridgehead atoms. The SMILES string of the molecule is CCCCOC(=O)C1C(C)=NC(=O)NC1c1ccc(OCCC)cc1. The summed E-state index contributed by atoms with van der Waals surface area (Å²) in [6, 6.07) is 6.49. The molecule has 0 saturated carbocycles. The maximum atomic E-state index is 12.5. The molecule has 25 heavy (non-hydrogen) atoms. The van der Waals surface area contributed by atoms with Gasteiger partial charge in [-0.05, 0) is 37.5 Å². The van der Waals surface area contributed by atoms with Crippen molar-refractivity contribution < 1.29 is 19.1 Å². The molecule has 1 heterocycles. The average Bonchev–Trinajstić information content (AvgIpc) is 2.59. The van der Waals surface area contributed by atoms with Crippen LogP contribution in [0, 0.1) is 5.92 Å². The summed E-state index contributed by atoms with van der Waals surface area (Å²) in [6.07, 6.45) is 2.70. The fourth-order valence-electron chi connectivity index (χ4n) is 2.70. The van der Waals surface area contributed by atoms with Crippen LogP contribution >= 0.6 is 0 Å². The summed E-state index contributed by atoms with van der Waals surface area (Å²) < 4.78 is 10.9. The number of amides is 2. The molecule has 6 heteroatoms. The molecule has 0 aromatic heterocycles. The Bertz CT molecular complexity index is 625. The molecule has 1 N–H and O–H groups in total. The first kappa shape index (κ1) is 19.0. The third-order valence-electron chi connectivity index (χ3n) is 4.05. The summed E-state index contributed by atoms with van der Waals surface area (Å²) in [5, 5.41) is 2.78. The van der Waals surface area contributed by atoms with Gasteiger partial charge in [0, 0.05) is 5.71 Å². The molecule has 6 nitrogen and oxygen atoms in total. The fraction of sp³-hybridized carbons (Fsp3) is 0.526. The second-order valence-electron chi connectivity index (χ2n) is 6.10. The Morgan fingerprint density at radius 2 is 1.88 bits per heavy atom. The van der Waals surface area contributed by atoms with Gasteiger partial charge in [-0.25, -0.2) is 9.79 Å². The number of hydrogen-bond donors (Lipinski definition) is 1. The molecule has 2 amide bonds. The van der Waals surface area contributed by atoms with Crippen LogP contribution in [0.1, 0.15) is 51.6 Å². The second kappa shape index (κ2) is 9.20. The van der Waals surface area contributed by atoms with E-state index in [2.05, 4.69) is 10.3 Å². The number of hydrogen-bond acceptors (Lipinski definition) is 4. The molecule has 1 aromatic rings. The van der Waals surface area contributed by atoms with Crippen molar-refractivity contribution in [2.24, 2.45) is 10.9 Å². The molecule has 2 atom stereocenters. The molecule has 0 saturated heterocycles. The number of unbranched alkanes of at least 4 members (excludes halogenated alkanes) is 1. The van der Waals surface area contributed by atoms with E-state index in [4.69, 9.17) is 9.47 Å². The Morgan fingerprint density at radius 3 is 2.52 bits per heavy atom. The summed E-state index contributed by atoms with van der Waals surface area (Å²) in [7, 11) is 0. The van der Waals surface area contributed by atoms with Gasteiger partial charge in [-0.2, -0.15) is 0 Å². The van der Waals surface area contributed by atoms with E-state index in [0.717, 1.165) is 30.6 Å². The zero-order valence-electron chi connectivity index (χ0n) is 15.1. The number of carbonyl (C=O) groups excluding carboxylic acids is 2. The molecule has 2 rings (SSSR count). The van der Waals surface area contributed by atoms with Gasteiger partial charge < -0.3 is 14.8 Å². The van der Waals surface area contributed by atoms with Gasteiger partial charge in [0.15, 0.2) is 0 Å². The molecular formula is C19H26N2O4. The minimum atomic E-state index is -0.614. The van der Waals surface area contributed by atoms with Crippen molar-refractivity contribution in [3.05, 3.63) is 29.8 Å². The van der Waals surface area contributed by atoms with Gasteiger partial charge in [0.2, 0.25) is 0 Å². The van der Waals surface area contributed by atoms with Gasteiger partial charge in [-0.3, -0.25) is 4.79 Å². The van der Waals surface area contributed by atoms with Gasteiger partial charge in [-0.1, -0.05) is 32.4 Å². The smallest absolute Gasteiger partial charge is 0.341 e. The van der Waals surface area contributed by atoms with Gasteiger partial charge in [-0.15, -0.1) is 0 Å². The lowest BCUT2D eigenvalue weighted by atomic mass is 9.88. The highest BCUT2D eigenvalue weighted by Gasteiger charge is 2.37. The van der Waals surface area contributed by atoms with E-state index in [1.54, 1.807) is 6.92 Å². The Morgan fingerprint density at radius 1 is 1.16 bits per heavy atom. The van der Waals surface area contributed by atoms with Crippen molar-refractivity contribution in [3.63, 3.8) is 0 Å². The highest BCUT2D eigenvalue weighted by Crippen LogP contribution is 2.29.